The largest absolute Gasteiger partial charge is 0.418 e. The number of halogens is 6. The van der Waals surface area contributed by atoms with E-state index < -0.39 is 29.4 Å². The van der Waals surface area contributed by atoms with Crippen molar-refractivity contribution in [2.45, 2.75) is 24.7 Å². The molecule has 144 valence electrons. The number of hydrogen-bond acceptors (Lipinski definition) is 1. The first-order valence-corrected chi connectivity index (χ1v) is 8.08. The molecule has 3 aromatic rings. The van der Waals surface area contributed by atoms with E-state index in [1.165, 1.54) is 30.5 Å². The van der Waals surface area contributed by atoms with Crippen LogP contribution in [0.25, 0.3) is 10.9 Å². The van der Waals surface area contributed by atoms with Gasteiger partial charge in [0, 0.05) is 24.1 Å². The summed E-state index contributed by atoms with van der Waals surface area (Å²) in [5, 5.41) is 9.69. The smallest absolute Gasteiger partial charge is 0.396 e. The van der Waals surface area contributed by atoms with Crippen LogP contribution in [-0.2, 0) is 12.4 Å². The number of aromatic amines is 1. The summed E-state index contributed by atoms with van der Waals surface area (Å²) in [5.74, 6) is -0.547. The van der Waals surface area contributed by atoms with Crippen molar-refractivity contribution in [1.82, 2.24) is 4.98 Å². The molecule has 0 fully saturated rings. The quantitative estimate of drug-likeness (QED) is 0.552. The van der Waals surface area contributed by atoms with E-state index in [0.717, 1.165) is 18.2 Å². The number of aliphatic hydroxyl groups is 1. The van der Waals surface area contributed by atoms with Crippen LogP contribution in [0, 0.1) is 0 Å². The molecule has 0 aliphatic heterocycles. The highest BCUT2D eigenvalue weighted by atomic mass is 19.4. The Bertz CT molecular complexity index is 924. The number of rotatable bonds is 4. The van der Waals surface area contributed by atoms with Gasteiger partial charge in [-0.05, 0) is 35.7 Å². The van der Waals surface area contributed by atoms with Gasteiger partial charge in [0.25, 0.3) is 0 Å². The van der Waals surface area contributed by atoms with E-state index in [4.69, 9.17) is 0 Å². The molecule has 0 aliphatic carbocycles. The third-order valence-electron chi connectivity index (χ3n) is 4.49. The van der Waals surface area contributed by atoms with E-state index in [-0.39, 0.29) is 18.5 Å². The van der Waals surface area contributed by atoms with Crippen molar-refractivity contribution in [2.75, 3.05) is 6.61 Å². The number of benzene rings is 2. The molecule has 3 rings (SSSR count). The number of aromatic nitrogens is 1. The van der Waals surface area contributed by atoms with Crippen LogP contribution in [0.3, 0.4) is 0 Å². The van der Waals surface area contributed by atoms with Crippen molar-refractivity contribution in [2.24, 2.45) is 0 Å². The molecular weight excluding hydrogens is 372 g/mol. The normalized spacial score (nSPS) is 13.9. The summed E-state index contributed by atoms with van der Waals surface area (Å²) in [4.78, 5) is 2.63. The third kappa shape index (κ3) is 3.80. The van der Waals surface area contributed by atoms with Crippen LogP contribution < -0.4 is 0 Å². The first-order valence-electron chi connectivity index (χ1n) is 8.08. The van der Waals surface area contributed by atoms with Gasteiger partial charge < -0.3 is 10.1 Å². The van der Waals surface area contributed by atoms with Gasteiger partial charge in [0.05, 0.1) is 16.6 Å². The summed E-state index contributed by atoms with van der Waals surface area (Å²) in [6, 6.07) is 8.19. The summed E-state index contributed by atoms with van der Waals surface area (Å²) < 4.78 is 77.8. The van der Waals surface area contributed by atoms with Crippen molar-refractivity contribution in [1.29, 1.82) is 0 Å². The monoisotopic (exact) mass is 387 g/mol. The topological polar surface area (TPSA) is 36.0 Å². The molecule has 1 heterocycles. The Kier molecular flexibility index (Phi) is 4.94. The number of para-hydroxylation sites is 1. The molecule has 0 saturated carbocycles. The Morgan fingerprint density at radius 2 is 1.56 bits per heavy atom. The maximum Gasteiger partial charge on any atom is 0.418 e. The Balaban J connectivity index is 2.08. The zero-order valence-corrected chi connectivity index (χ0v) is 13.8. The standard InChI is InChI=1S/C19H15F6NO/c20-18(21,22)12-6-4-11(5-7-12)13(8-9-27)15-10-26-17-14(15)2-1-3-16(17)19(23,24)25/h1-7,10,13,26-27H,8-9H2. The highest BCUT2D eigenvalue weighted by Gasteiger charge is 2.34. The van der Waals surface area contributed by atoms with Gasteiger partial charge in [-0.2, -0.15) is 26.3 Å². The first-order chi connectivity index (χ1) is 12.6. The van der Waals surface area contributed by atoms with Gasteiger partial charge in [0.15, 0.2) is 0 Å². The number of nitrogens with one attached hydrogen (secondary N) is 1. The molecule has 1 aromatic heterocycles. The van der Waals surface area contributed by atoms with Gasteiger partial charge in [-0.25, -0.2) is 0 Å². The van der Waals surface area contributed by atoms with Crippen molar-refractivity contribution in [3.05, 3.63) is 70.9 Å². The Morgan fingerprint density at radius 1 is 0.889 bits per heavy atom. The van der Waals surface area contributed by atoms with Crippen LogP contribution >= 0.6 is 0 Å². The van der Waals surface area contributed by atoms with Crippen LogP contribution in [0.15, 0.2) is 48.7 Å². The van der Waals surface area contributed by atoms with Gasteiger partial charge in [0.2, 0.25) is 0 Å². The lowest BCUT2D eigenvalue weighted by Gasteiger charge is -2.17. The van der Waals surface area contributed by atoms with Crippen LogP contribution in [0.4, 0.5) is 26.3 Å². The lowest BCUT2D eigenvalue weighted by Crippen LogP contribution is -2.07. The zero-order valence-electron chi connectivity index (χ0n) is 13.8. The van der Waals surface area contributed by atoms with Crippen molar-refractivity contribution < 1.29 is 31.4 Å². The fourth-order valence-electron chi connectivity index (χ4n) is 3.24. The molecule has 8 heteroatoms. The van der Waals surface area contributed by atoms with Gasteiger partial charge >= 0.3 is 12.4 Å². The molecule has 1 atom stereocenters. The maximum atomic E-state index is 13.2. The van der Waals surface area contributed by atoms with E-state index in [1.54, 1.807) is 0 Å². The Labute approximate surface area is 150 Å². The van der Waals surface area contributed by atoms with E-state index in [9.17, 15) is 31.4 Å². The molecule has 0 spiro atoms. The number of hydrogen-bond donors (Lipinski definition) is 2. The van der Waals surface area contributed by atoms with Crippen LogP contribution in [0.1, 0.15) is 34.6 Å². The molecule has 0 bridgehead atoms. The number of alkyl halides is 6. The molecule has 0 saturated heterocycles. The average Bonchev–Trinajstić information content (AvgIpc) is 3.02. The lowest BCUT2D eigenvalue weighted by molar-refractivity contribution is -0.138. The molecule has 2 nitrogen and oxygen atoms in total. The highest BCUT2D eigenvalue weighted by Crippen LogP contribution is 2.39. The van der Waals surface area contributed by atoms with E-state index >= 15 is 0 Å². The molecule has 2 aromatic carbocycles. The summed E-state index contributed by atoms with van der Waals surface area (Å²) in [6.45, 7) is -0.267. The summed E-state index contributed by atoms with van der Waals surface area (Å²) in [5.41, 5.74) is -0.746. The second-order valence-corrected chi connectivity index (χ2v) is 6.15. The van der Waals surface area contributed by atoms with Gasteiger partial charge in [-0.1, -0.05) is 24.3 Å². The van der Waals surface area contributed by atoms with Gasteiger partial charge in [-0.15, -0.1) is 0 Å². The van der Waals surface area contributed by atoms with E-state index in [0.29, 0.717) is 16.5 Å². The lowest BCUT2D eigenvalue weighted by atomic mass is 9.88. The second kappa shape index (κ2) is 6.92. The SMILES string of the molecule is OCCC(c1ccc(C(F)(F)F)cc1)c1c[nH]c2c(C(F)(F)F)cccc12. The highest BCUT2D eigenvalue weighted by molar-refractivity contribution is 5.87. The first kappa shape index (κ1) is 19.3. The fourth-order valence-corrected chi connectivity index (χ4v) is 3.24. The fraction of sp³-hybridized carbons (Fsp3) is 0.263. The summed E-state index contributed by atoms with van der Waals surface area (Å²) in [6.07, 6.45) is -7.44. The predicted molar refractivity (Wildman–Crippen MR) is 88.3 cm³/mol. The molecule has 27 heavy (non-hydrogen) atoms. The minimum atomic E-state index is -4.54. The maximum absolute atomic E-state index is 13.2. The third-order valence-corrected chi connectivity index (χ3v) is 4.49. The second-order valence-electron chi connectivity index (χ2n) is 6.15. The van der Waals surface area contributed by atoms with Crippen LogP contribution in [-0.4, -0.2) is 16.7 Å². The number of aliphatic hydroxyl groups excluding tert-OH is 1. The van der Waals surface area contributed by atoms with E-state index in [1.807, 2.05) is 0 Å². The van der Waals surface area contributed by atoms with Gasteiger partial charge in [-0.3, -0.25) is 0 Å². The average molecular weight is 387 g/mol. The molecule has 0 radical (unpaired) electrons. The molecule has 0 amide bonds. The minimum absolute atomic E-state index is 0.0881. The van der Waals surface area contributed by atoms with Crippen molar-refractivity contribution in [3.63, 3.8) is 0 Å². The molecule has 1 unspecified atom stereocenters. The summed E-state index contributed by atoms with van der Waals surface area (Å²) in [7, 11) is 0. The van der Waals surface area contributed by atoms with Crippen molar-refractivity contribution >= 4 is 10.9 Å². The van der Waals surface area contributed by atoms with Crippen LogP contribution in [0.2, 0.25) is 0 Å². The van der Waals surface area contributed by atoms with E-state index in [2.05, 4.69) is 4.98 Å². The van der Waals surface area contributed by atoms with Gasteiger partial charge in [0.1, 0.15) is 0 Å². The predicted octanol–water partition coefficient (Wildman–Crippen LogP) is 5.72. The number of fused-ring (bicyclic) bond motifs is 1. The summed E-state index contributed by atoms with van der Waals surface area (Å²) >= 11 is 0. The van der Waals surface area contributed by atoms with Crippen LogP contribution in [0.5, 0.6) is 0 Å². The molecular formula is C19H15F6NO. The molecule has 2 N–H and O–H groups in total. The van der Waals surface area contributed by atoms with Crippen molar-refractivity contribution in [3.8, 4) is 0 Å². The molecule has 0 aliphatic rings. The zero-order chi connectivity index (χ0) is 19.8. The Morgan fingerprint density at radius 3 is 2.11 bits per heavy atom. The Hall–Kier alpha value is -2.48. The number of H-pyrrole nitrogens is 1. The minimum Gasteiger partial charge on any atom is -0.396 e.